The van der Waals surface area contributed by atoms with Crippen molar-refractivity contribution in [2.24, 2.45) is 11.8 Å². The molecule has 2 unspecified atom stereocenters. The Balaban J connectivity index is 1.99. The largest absolute Gasteiger partial charge is 0.493 e. The Bertz CT molecular complexity index is 447. The second kappa shape index (κ2) is 7.33. The molecular weight excluding hydrogens is 270 g/mol. The highest BCUT2D eigenvalue weighted by Crippen LogP contribution is 2.35. The smallest absolute Gasteiger partial charge is 0.125 e. The third-order valence-corrected chi connectivity index (χ3v) is 4.45. The highest BCUT2D eigenvalue weighted by molar-refractivity contribution is 6.30. The lowest BCUT2D eigenvalue weighted by Gasteiger charge is -2.21. The van der Waals surface area contributed by atoms with Gasteiger partial charge in [-0.3, -0.25) is 0 Å². The van der Waals surface area contributed by atoms with Crippen LogP contribution in [0.2, 0.25) is 5.02 Å². The molecule has 1 aliphatic heterocycles. The van der Waals surface area contributed by atoms with Gasteiger partial charge in [0.05, 0.1) is 6.61 Å². The van der Waals surface area contributed by atoms with Gasteiger partial charge in [0.15, 0.2) is 0 Å². The molecule has 1 aromatic carbocycles. The first kappa shape index (κ1) is 15.7. The summed E-state index contributed by atoms with van der Waals surface area (Å²) in [5, 5.41) is 4.35. The fraction of sp³-hybridized carbons (Fsp3) is 0.647. The minimum atomic E-state index is 0.617. The predicted octanol–water partition coefficient (Wildman–Crippen LogP) is 4.09. The third kappa shape index (κ3) is 3.89. The summed E-state index contributed by atoms with van der Waals surface area (Å²) in [6, 6.07) is 4.12. The Morgan fingerprint density at radius 2 is 2.10 bits per heavy atom. The van der Waals surface area contributed by atoms with Crippen molar-refractivity contribution in [3.05, 3.63) is 28.3 Å². The third-order valence-electron chi connectivity index (χ3n) is 4.23. The van der Waals surface area contributed by atoms with E-state index in [0.717, 1.165) is 43.3 Å². The van der Waals surface area contributed by atoms with Gasteiger partial charge in [-0.15, -0.1) is 0 Å². The second-order valence-electron chi connectivity index (χ2n) is 6.01. The Labute approximate surface area is 127 Å². The summed E-state index contributed by atoms with van der Waals surface area (Å²) in [6.45, 7) is 9.82. The van der Waals surface area contributed by atoms with Gasteiger partial charge >= 0.3 is 0 Å². The molecule has 2 rings (SSSR count). The van der Waals surface area contributed by atoms with E-state index in [1.165, 1.54) is 17.5 Å². The average Bonchev–Trinajstić information content (AvgIpc) is 2.86. The van der Waals surface area contributed by atoms with E-state index in [9.17, 15) is 0 Å². The van der Waals surface area contributed by atoms with E-state index < -0.39 is 0 Å². The van der Waals surface area contributed by atoms with E-state index in [1.54, 1.807) is 0 Å². The summed E-state index contributed by atoms with van der Waals surface area (Å²) in [5.74, 6) is 2.36. The molecule has 3 heteroatoms. The van der Waals surface area contributed by atoms with Crippen molar-refractivity contribution < 1.29 is 4.74 Å². The topological polar surface area (TPSA) is 21.3 Å². The van der Waals surface area contributed by atoms with Gasteiger partial charge in [-0.2, -0.15) is 0 Å². The van der Waals surface area contributed by atoms with Crippen LogP contribution < -0.4 is 10.1 Å². The van der Waals surface area contributed by atoms with E-state index in [1.807, 2.05) is 6.07 Å². The van der Waals surface area contributed by atoms with E-state index in [0.29, 0.717) is 11.8 Å². The lowest BCUT2D eigenvalue weighted by atomic mass is 9.88. The molecule has 0 spiro atoms. The van der Waals surface area contributed by atoms with Crippen molar-refractivity contribution in [3.63, 3.8) is 0 Å². The van der Waals surface area contributed by atoms with Crippen LogP contribution in [0.15, 0.2) is 12.1 Å². The number of hydrogen-bond acceptors (Lipinski definition) is 2. The number of nitrogens with one attached hydrogen (secondary N) is 1. The summed E-state index contributed by atoms with van der Waals surface area (Å²) in [4.78, 5) is 0. The van der Waals surface area contributed by atoms with E-state index in [4.69, 9.17) is 16.3 Å². The molecule has 0 amide bonds. The number of fused-ring (bicyclic) bond motifs is 1. The minimum Gasteiger partial charge on any atom is -0.493 e. The van der Waals surface area contributed by atoms with Crippen molar-refractivity contribution in [2.75, 3.05) is 19.7 Å². The van der Waals surface area contributed by atoms with Crippen LogP contribution in [-0.2, 0) is 12.8 Å². The molecule has 0 radical (unpaired) electrons. The van der Waals surface area contributed by atoms with Crippen molar-refractivity contribution in [2.45, 2.75) is 40.0 Å². The van der Waals surface area contributed by atoms with E-state index >= 15 is 0 Å². The Kier molecular flexibility index (Phi) is 5.74. The molecule has 0 saturated carbocycles. The molecule has 0 fully saturated rings. The lowest BCUT2D eigenvalue weighted by molar-refractivity contribution is 0.338. The zero-order valence-corrected chi connectivity index (χ0v) is 13.6. The molecule has 0 saturated heterocycles. The molecule has 1 N–H and O–H groups in total. The van der Waals surface area contributed by atoms with Crippen molar-refractivity contribution in [3.8, 4) is 5.75 Å². The monoisotopic (exact) mass is 295 g/mol. The highest BCUT2D eigenvalue weighted by atomic mass is 35.5. The Morgan fingerprint density at radius 1 is 1.30 bits per heavy atom. The molecule has 1 heterocycles. The van der Waals surface area contributed by atoms with Gasteiger partial charge in [-0.25, -0.2) is 0 Å². The van der Waals surface area contributed by atoms with Gasteiger partial charge in [-0.1, -0.05) is 32.4 Å². The zero-order chi connectivity index (χ0) is 14.5. The molecule has 112 valence electrons. The second-order valence-corrected chi connectivity index (χ2v) is 6.45. The van der Waals surface area contributed by atoms with Crippen LogP contribution in [0.5, 0.6) is 5.75 Å². The number of ether oxygens (including phenoxy) is 1. The van der Waals surface area contributed by atoms with E-state index in [-0.39, 0.29) is 0 Å². The average molecular weight is 296 g/mol. The highest BCUT2D eigenvalue weighted by Gasteiger charge is 2.20. The van der Waals surface area contributed by atoms with Crippen molar-refractivity contribution in [1.82, 2.24) is 5.32 Å². The summed E-state index contributed by atoms with van der Waals surface area (Å²) in [6.07, 6.45) is 3.22. The SMILES string of the molecule is CCCNCC(C)C(C)Cc1cc(Cl)cc2c1OCC2. The van der Waals surface area contributed by atoms with Crippen molar-refractivity contribution >= 4 is 11.6 Å². The maximum atomic E-state index is 6.23. The molecule has 0 bridgehead atoms. The predicted molar refractivity (Wildman–Crippen MR) is 85.8 cm³/mol. The van der Waals surface area contributed by atoms with Crippen LogP contribution in [0.25, 0.3) is 0 Å². The molecule has 0 aliphatic carbocycles. The standard InChI is InChI=1S/C17H26ClNO/c1-4-6-19-11-13(3)12(2)8-15-10-16(18)9-14-5-7-20-17(14)15/h9-10,12-13,19H,4-8,11H2,1-3H3. The van der Waals surface area contributed by atoms with Crippen molar-refractivity contribution in [1.29, 1.82) is 0 Å². The van der Waals surface area contributed by atoms with Gasteiger partial charge in [0.25, 0.3) is 0 Å². The normalized spacial score (nSPS) is 16.6. The fourth-order valence-electron chi connectivity index (χ4n) is 2.75. The summed E-state index contributed by atoms with van der Waals surface area (Å²) < 4.78 is 5.79. The van der Waals surface area contributed by atoms with Gasteiger partial charge < -0.3 is 10.1 Å². The van der Waals surface area contributed by atoms with Crippen LogP contribution in [-0.4, -0.2) is 19.7 Å². The number of benzene rings is 1. The van der Waals surface area contributed by atoms with Gasteiger partial charge in [0.2, 0.25) is 0 Å². The molecule has 2 nitrogen and oxygen atoms in total. The maximum Gasteiger partial charge on any atom is 0.125 e. The van der Waals surface area contributed by atoms with Crippen LogP contribution >= 0.6 is 11.6 Å². The van der Waals surface area contributed by atoms with Crippen LogP contribution in [0.3, 0.4) is 0 Å². The number of rotatable bonds is 7. The van der Waals surface area contributed by atoms with Gasteiger partial charge in [0.1, 0.15) is 5.75 Å². The van der Waals surface area contributed by atoms with Crippen LogP contribution in [0.4, 0.5) is 0 Å². The van der Waals surface area contributed by atoms with E-state index in [2.05, 4.69) is 32.2 Å². The lowest BCUT2D eigenvalue weighted by Crippen LogP contribution is -2.26. The Hall–Kier alpha value is -0.730. The summed E-state index contributed by atoms with van der Waals surface area (Å²) in [5.41, 5.74) is 2.55. The summed E-state index contributed by atoms with van der Waals surface area (Å²) in [7, 11) is 0. The first-order valence-electron chi connectivity index (χ1n) is 7.76. The minimum absolute atomic E-state index is 0.617. The van der Waals surface area contributed by atoms with Crippen LogP contribution in [0, 0.1) is 11.8 Å². The summed E-state index contributed by atoms with van der Waals surface area (Å²) >= 11 is 6.23. The molecule has 1 aromatic rings. The number of hydrogen-bond donors (Lipinski definition) is 1. The van der Waals surface area contributed by atoms with Gasteiger partial charge in [0, 0.05) is 11.4 Å². The van der Waals surface area contributed by atoms with Gasteiger partial charge in [-0.05, 0) is 61.0 Å². The molecule has 1 aliphatic rings. The Morgan fingerprint density at radius 3 is 2.85 bits per heavy atom. The zero-order valence-electron chi connectivity index (χ0n) is 12.8. The quantitative estimate of drug-likeness (QED) is 0.765. The molecule has 2 atom stereocenters. The molecule has 0 aromatic heterocycles. The maximum absolute atomic E-state index is 6.23. The first-order chi connectivity index (χ1) is 9.61. The van der Waals surface area contributed by atoms with Crippen LogP contribution in [0.1, 0.15) is 38.3 Å². The fourth-order valence-corrected chi connectivity index (χ4v) is 3.02. The molecule has 20 heavy (non-hydrogen) atoms. The first-order valence-corrected chi connectivity index (χ1v) is 8.14. The number of halogens is 1. The molecular formula is C17H26ClNO.